The third-order valence-corrected chi connectivity index (χ3v) is 6.27. The van der Waals surface area contributed by atoms with Crippen LogP contribution in [-0.4, -0.2) is 43.2 Å². The topological polar surface area (TPSA) is 75.7 Å². The maximum atomic E-state index is 12.9. The highest BCUT2D eigenvalue weighted by atomic mass is 32.2. The van der Waals surface area contributed by atoms with E-state index in [9.17, 15) is 14.4 Å². The van der Waals surface area contributed by atoms with Gasteiger partial charge in [-0.2, -0.15) is 0 Å². The molecule has 1 aliphatic heterocycles. The fourth-order valence-electron chi connectivity index (χ4n) is 3.96. The van der Waals surface area contributed by atoms with Crippen molar-refractivity contribution >= 4 is 35.2 Å². The Kier molecular flexibility index (Phi) is 6.09. The Balaban J connectivity index is 1.70. The molecule has 0 aromatic heterocycles. The van der Waals surface area contributed by atoms with Crippen molar-refractivity contribution in [2.24, 2.45) is 5.92 Å². The highest BCUT2D eigenvalue weighted by Crippen LogP contribution is 2.32. The number of nitrogens with one attached hydrogen (secondary N) is 1. The zero-order chi connectivity index (χ0) is 19.4. The summed E-state index contributed by atoms with van der Waals surface area (Å²) < 4.78 is 4.96. The first-order chi connectivity index (χ1) is 13.0. The molecule has 1 atom stereocenters. The standard InChI is InChI=1S/C20H26N2O4S/c1-26-19(25)20(10-4-3-5-11-20)21-18(24)14-12-17(23)22(13-14)15-6-8-16(27-2)9-7-15/h6-9,14H,3-5,10-13H2,1-2H3,(H,21,24)/t14-/m0/s1. The number of amides is 2. The lowest BCUT2D eigenvalue weighted by atomic mass is 9.81. The lowest BCUT2D eigenvalue weighted by Gasteiger charge is -2.35. The summed E-state index contributed by atoms with van der Waals surface area (Å²) in [5.41, 5.74) is -0.144. The Morgan fingerprint density at radius 2 is 1.85 bits per heavy atom. The average molecular weight is 391 g/mol. The van der Waals surface area contributed by atoms with Gasteiger partial charge in [0.25, 0.3) is 0 Å². The van der Waals surface area contributed by atoms with Crippen molar-refractivity contribution in [3.63, 3.8) is 0 Å². The largest absolute Gasteiger partial charge is 0.467 e. The molecule has 1 saturated carbocycles. The number of carbonyl (C=O) groups is 3. The lowest BCUT2D eigenvalue weighted by molar-refractivity contribution is -0.153. The van der Waals surface area contributed by atoms with Gasteiger partial charge in [0, 0.05) is 23.5 Å². The molecular weight excluding hydrogens is 364 g/mol. The first kappa shape index (κ1) is 19.7. The summed E-state index contributed by atoms with van der Waals surface area (Å²) in [5.74, 6) is -1.15. The summed E-state index contributed by atoms with van der Waals surface area (Å²) in [6.45, 7) is 0.334. The minimum atomic E-state index is -0.944. The molecule has 1 N–H and O–H groups in total. The van der Waals surface area contributed by atoms with Gasteiger partial charge in [-0.3, -0.25) is 9.59 Å². The molecule has 27 heavy (non-hydrogen) atoms. The van der Waals surface area contributed by atoms with Crippen LogP contribution in [0.25, 0.3) is 0 Å². The summed E-state index contributed by atoms with van der Waals surface area (Å²) in [6, 6.07) is 7.74. The fourth-order valence-corrected chi connectivity index (χ4v) is 4.37. The number of thioether (sulfide) groups is 1. The highest BCUT2D eigenvalue weighted by molar-refractivity contribution is 7.98. The van der Waals surface area contributed by atoms with E-state index in [-0.39, 0.29) is 24.2 Å². The van der Waals surface area contributed by atoms with Gasteiger partial charge in [0.15, 0.2) is 0 Å². The summed E-state index contributed by atoms with van der Waals surface area (Å²) in [4.78, 5) is 40.4. The third-order valence-electron chi connectivity index (χ3n) is 5.53. The van der Waals surface area contributed by atoms with Crippen LogP contribution in [0.1, 0.15) is 38.5 Å². The predicted octanol–water partition coefficient (Wildman–Crippen LogP) is 2.75. The number of esters is 1. The summed E-state index contributed by atoms with van der Waals surface area (Å²) in [5, 5.41) is 2.94. The van der Waals surface area contributed by atoms with Crippen LogP contribution in [0.5, 0.6) is 0 Å². The van der Waals surface area contributed by atoms with E-state index in [4.69, 9.17) is 4.74 Å². The number of methoxy groups -OCH3 is 1. The maximum absolute atomic E-state index is 12.9. The molecule has 7 heteroatoms. The van der Waals surface area contributed by atoms with Gasteiger partial charge in [0.1, 0.15) is 5.54 Å². The minimum Gasteiger partial charge on any atom is -0.467 e. The van der Waals surface area contributed by atoms with Crippen LogP contribution in [0.2, 0.25) is 0 Å². The Morgan fingerprint density at radius 3 is 2.44 bits per heavy atom. The number of nitrogens with zero attached hydrogens (tertiary/aromatic N) is 1. The molecule has 0 unspecified atom stereocenters. The predicted molar refractivity (Wildman–Crippen MR) is 105 cm³/mol. The quantitative estimate of drug-likeness (QED) is 0.618. The second-order valence-electron chi connectivity index (χ2n) is 7.23. The van der Waals surface area contributed by atoms with Crippen LogP contribution in [0.15, 0.2) is 29.2 Å². The van der Waals surface area contributed by atoms with Crippen molar-refractivity contribution in [1.82, 2.24) is 5.32 Å². The number of rotatable bonds is 5. The molecule has 1 aliphatic carbocycles. The Hall–Kier alpha value is -2.02. The van der Waals surface area contributed by atoms with Crippen LogP contribution >= 0.6 is 11.8 Å². The molecule has 1 aromatic rings. The van der Waals surface area contributed by atoms with Crippen molar-refractivity contribution in [1.29, 1.82) is 0 Å². The summed E-state index contributed by atoms with van der Waals surface area (Å²) >= 11 is 1.64. The van der Waals surface area contributed by atoms with Crippen molar-refractivity contribution < 1.29 is 19.1 Å². The first-order valence-electron chi connectivity index (χ1n) is 9.34. The number of anilines is 1. The second-order valence-corrected chi connectivity index (χ2v) is 8.11. The molecule has 1 aromatic carbocycles. The minimum absolute atomic E-state index is 0.0668. The van der Waals surface area contributed by atoms with Crippen LogP contribution in [-0.2, 0) is 19.1 Å². The first-order valence-corrected chi connectivity index (χ1v) is 10.6. The van der Waals surface area contributed by atoms with E-state index in [2.05, 4.69) is 5.32 Å². The fraction of sp³-hybridized carbons (Fsp3) is 0.550. The molecule has 3 rings (SSSR count). The van der Waals surface area contributed by atoms with Gasteiger partial charge in [0.05, 0.1) is 13.0 Å². The Bertz CT molecular complexity index is 713. The van der Waals surface area contributed by atoms with E-state index < -0.39 is 11.5 Å². The second kappa shape index (κ2) is 8.33. The van der Waals surface area contributed by atoms with E-state index in [1.165, 1.54) is 7.11 Å². The molecule has 2 fully saturated rings. The number of carbonyl (C=O) groups excluding carboxylic acids is 3. The normalized spacial score (nSPS) is 21.8. The number of hydrogen-bond donors (Lipinski definition) is 1. The van der Waals surface area contributed by atoms with Crippen molar-refractivity contribution in [2.45, 2.75) is 49.0 Å². The van der Waals surface area contributed by atoms with Gasteiger partial charge in [-0.15, -0.1) is 11.8 Å². The van der Waals surface area contributed by atoms with Gasteiger partial charge in [-0.1, -0.05) is 19.3 Å². The maximum Gasteiger partial charge on any atom is 0.331 e. The molecule has 1 heterocycles. The SMILES string of the molecule is COC(=O)C1(NC(=O)[C@H]2CC(=O)N(c3ccc(SC)cc3)C2)CCCCC1. The van der Waals surface area contributed by atoms with Crippen LogP contribution in [0, 0.1) is 5.92 Å². The van der Waals surface area contributed by atoms with E-state index in [1.807, 2.05) is 30.5 Å². The molecule has 146 valence electrons. The van der Waals surface area contributed by atoms with Crippen molar-refractivity contribution in [2.75, 3.05) is 24.8 Å². The van der Waals surface area contributed by atoms with Gasteiger partial charge in [-0.05, 0) is 43.4 Å². The molecule has 2 amide bonds. The highest BCUT2D eigenvalue weighted by Gasteiger charge is 2.44. The van der Waals surface area contributed by atoms with E-state index in [1.54, 1.807) is 16.7 Å². The van der Waals surface area contributed by atoms with E-state index in [0.717, 1.165) is 29.8 Å². The molecule has 0 spiro atoms. The smallest absolute Gasteiger partial charge is 0.331 e. The molecule has 2 aliphatic rings. The van der Waals surface area contributed by atoms with Gasteiger partial charge < -0.3 is 15.0 Å². The number of hydrogen-bond acceptors (Lipinski definition) is 5. The average Bonchev–Trinajstić information content (AvgIpc) is 3.10. The van der Waals surface area contributed by atoms with Gasteiger partial charge in [-0.25, -0.2) is 4.79 Å². The molecule has 0 radical (unpaired) electrons. The molecular formula is C20H26N2O4S. The molecule has 0 bridgehead atoms. The van der Waals surface area contributed by atoms with E-state index in [0.29, 0.717) is 19.4 Å². The number of benzene rings is 1. The van der Waals surface area contributed by atoms with Crippen molar-refractivity contribution in [3.8, 4) is 0 Å². The summed E-state index contributed by atoms with van der Waals surface area (Å²) in [6.07, 6.45) is 6.15. The van der Waals surface area contributed by atoms with Crippen LogP contribution < -0.4 is 10.2 Å². The monoisotopic (exact) mass is 390 g/mol. The van der Waals surface area contributed by atoms with E-state index >= 15 is 0 Å². The zero-order valence-corrected chi connectivity index (χ0v) is 16.6. The molecule has 1 saturated heterocycles. The molecule has 6 nitrogen and oxygen atoms in total. The van der Waals surface area contributed by atoms with Crippen molar-refractivity contribution in [3.05, 3.63) is 24.3 Å². The summed E-state index contributed by atoms with van der Waals surface area (Å²) in [7, 11) is 1.35. The van der Waals surface area contributed by atoms with Gasteiger partial charge >= 0.3 is 5.97 Å². The lowest BCUT2D eigenvalue weighted by Crippen LogP contribution is -2.57. The number of ether oxygens (including phenoxy) is 1. The van der Waals surface area contributed by atoms with Crippen LogP contribution in [0.3, 0.4) is 0 Å². The Morgan fingerprint density at radius 1 is 1.19 bits per heavy atom. The Labute approximate surface area is 164 Å². The van der Waals surface area contributed by atoms with Gasteiger partial charge in [0.2, 0.25) is 11.8 Å². The third kappa shape index (κ3) is 4.13. The zero-order valence-electron chi connectivity index (χ0n) is 15.8. The van der Waals surface area contributed by atoms with Crippen LogP contribution in [0.4, 0.5) is 5.69 Å².